The lowest BCUT2D eigenvalue weighted by Crippen LogP contribution is -2.50. The number of aryl methyl sites for hydroxylation is 1. The van der Waals surface area contributed by atoms with Crippen LogP contribution in [0.5, 0.6) is 5.88 Å². The predicted octanol–water partition coefficient (Wildman–Crippen LogP) is 3.06. The number of piperazine rings is 1. The molecule has 0 radical (unpaired) electrons. The van der Waals surface area contributed by atoms with Crippen LogP contribution in [0, 0.1) is 6.92 Å². The maximum atomic E-state index is 12.9. The van der Waals surface area contributed by atoms with E-state index in [1.807, 2.05) is 54.3 Å². The summed E-state index contributed by atoms with van der Waals surface area (Å²) in [5.41, 5.74) is 3.89. The lowest BCUT2D eigenvalue weighted by molar-refractivity contribution is 0.0535. The average molecular weight is 416 g/mol. The molecule has 1 aliphatic rings. The summed E-state index contributed by atoms with van der Waals surface area (Å²) in [6.45, 7) is 4.02. The highest BCUT2D eigenvalue weighted by Gasteiger charge is 2.26. The standard InChI is InChI=1S/C24H24N4O3/c1-17-5-3-4-6-20(17)24(30)28-15-13-27(14-16-28)23(29)19-9-7-18(8-10-19)21-11-12-22(31-2)26-25-21/h3-12H,13-16H2,1-2H3. The van der Waals surface area contributed by atoms with Crippen molar-refractivity contribution < 1.29 is 14.3 Å². The van der Waals surface area contributed by atoms with Crippen LogP contribution in [0.2, 0.25) is 0 Å². The van der Waals surface area contributed by atoms with E-state index >= 15 is 0 Å². The molecule has 7 heteroatoms. The molecular weight excluding hydrogens is 392 g/mol. The van der Waals surface area contributed by atoms with Crippen molar-refractivity contribution in [3.8, 4) is 17.1 Å². The van der Waals surface area contributed by atoms with E-state index in [-0.39, 0.29) is 11.8 Å². The van der Waals surface area contributed by atoms with Crippen molar-refractivity contribution in [3.05, 3.63) is 77.4 Å². The zero-order chi connectivity index (χ0) is 21.8. The van der Waals surface area contributed by atoms with Crippen LogP contribution in [0.15, 0.2) is 60.7 Å². The van der Waals surface area contributed by atoms with Gasteiger partial charge in [-0.15, -0.1) is 10.2 Å². The van der Waals surface area contributed by atoms with Crippen LogP contribution >= 0.6 is 0 Å². The quantitative estimate of drug-likeness (QED) is 0.653. The van der Waals surface area contributed by atoms with E-state index in [0.29, 0.717) is 43.3 Å². The molecule has 0 atom stereocenters. The summed E-state index contributed by atoms with van der Waals surface area (Å²) >= 11 is 0. The molecule has 2 heterocycles. The molecule has 1 saturated heterocycles. The topological polar surface area (TPSA) is 75.6 Å². The fourth-order valence-electron chi connectivity index (χ4n) is 3.64. The number of aromatic nitrogens is 2. The van der Waals surface area contributed by atoms with E-state index in [2.05, 4.69) is 10.2 Å². The summed E-state index contributed by atoms with van der Waals surface area (Å²) in [6.07, 6.45) is 0. The van der Waals surface area contributed by atoms with Gasteiger partial charge in [0.25, 0.3) is 11.8 Å². The lowest BCUT2D eigenvalue weighted by Gasteiger charge is -2.35. The Kier molecular flexibility index (Phi) is 5.93. The number of rotatable bonds is 4. The molecule has 0 N–H and O–H groups in total. The normalized spacial score (nSPS) is 13.7. The van der Waals surface area contributed by atoms with Gasteiger partial charge in [-0.1, -0.05) is 30.3 Å². The van der Waals surface area contributed by atoms with Crippen LogP contribution in [0.4, 0.5) is 0 Å². The zero-order valence-corrected chi connectivity index (χ0v) is 17.6. The minimum Gasteiger partial charge on any atom is -0.480 e. The molecule has 158 valence electrons. The Balaban J connectivity index is 1.38. The van der Waals surface area contributed by atoms with Gasteiger partial charge >= 0.3 is 0 Å². The average Bonchev–Trinajstić information content (AvgIpc) is 2.84. The number of hydrogen-bond acceptors (Lipinski definition) is 5. The molecule has 7 nitrogen and oxygen atoms in total. The van der Waals surface area contributed by atoms with Crippen LogP contribution < -0.4 is 4.74 Å². The van der Waals surface area contributed by atoms with Crippen molar-refractivity contribution in [2.45, 2.75) is 6.92 Å². The van der Waals surface area contributed by atoms with Crippen molar-refractivity contribution in [3.63, 3.8) is 0 Å². The Hall–Kier alpha value is -3.74. The van der Waals surface area contributed by atoms with Gasteiger partial charge < -0.3 is 14.5 Å². The third kappa shape index (κ3) is 4.40. The minimum absolute atomic E-state index is 0.0233. The monoisotopic (exact) mass is 416 g/mol. The molecule has 0 spiro atoms. The van der Waals surface area contributed by atoms with Gasteiger partial charge in [-0.2, -0.15) is 0 Å². The van der Waals surface area contributed by atoms with Crippen molar-refractivity contribution in [2.24, 2.45) is 0 Å². The largest absolute Gasteiger partial charge is 0.480 e. The Labute approximate surface area is 181 Å². The first-order chi connectivity index (χ1) is 15.1. The molecule has 31 heavy (non-hydrogen) atoms. The SMILES string of the molecule is COc1ccc(-c2ccc(C(=O)N3CCN(C(=O)c4ccccc4C)CC3)cc2)nn1. The highest BCUT2D eigenvalue weighted by Crippen LogP contribution is 2.20. The summed E-state index contributed by atoms with van der Waals surface area (Å²) in [4.78, 5) is 29.3. The number of carbonyl (C=O) groups excluding carboxylic acids is 2. The second-order valence-corrected chi connectivity index (χ2v) is 7.44. The van der Waals surface area contributed by atoms with Crippen LogP contribution in [0.1, 0.15) is 26.3 Å². The summed E-state index contributed by atoms with van der Waals surface area (Å²) in [5.74, 6) is 0.445. The van der Waals surface area contributed by atoms with Crippen LogP contribution in [-0.2, 0) is 0 Å². The smallest absolute Gasteiger partial charge is 0.254 e. The molecule has 0 aliphatic carbocycles. The Morgan fingerprint density at radius 1 is 0.806 bits per heavy atom. The number of hydrogen-bond donors (Lipinski definition) is 0. The highest BCUT2D eigenvalue weighted by atomic mass is 16.5. The highest BCUT2D eigenvalue weighted by molar-refractivity contribution is 5.97. The maximum Gasteiger partial charge on any atom is 0.254 e. The molecule has 2 aromatic carbocycles. The van der Waals surface area contributed by atoms with Crippen molar-refractivity contribution in [1.82, 2.24) is 20.0 Å². The molecule has 0 unspecified atom stereocenters. The number of carbonyl (C=O) groups is 2. The predicted molar refractivity (Wildman–Crippen MR) is 117 cm³/mol. The van der Waals surface area contributed by atoms with Crippen molar-refractivity contribution in [1.29, 1.82) is 0 Å². The van der Waals surface area contributed by atoms with Crippen LogP contribution in [-0.4, -0.2) is 65.1 Å². The van der Waals surface area contributed by atoms with Gasteiger partial charge in [-0.25, -0.2) is 0 Å². The van der Waals surface area contributed by atoms with Gasteiger partial charge in [0, 0.05) is 48.9 Å². The van der Waals surface area contributed by atoms with E-state index in [1.165, 1.54) is 0 Å². The van der Waals surface area contributed by atoms with E-state index in [9.17, 15) is 9.59 Å². The second kappa shape index (κ2) is 8.95. The van der Waals surface area contributed by atoms with Gasteiger partial charge in [0.05, 0.1) is 12.8 Å². The summed E-state index contributed by atoms with van der Waals surface area (Å²) in [7, 11) is 1.54. The van der Waals surface area contributed by atoms with E-state index in [4.69, 9.17) is 4.74 Å². The zero-order valence-electron chi connectivity index (χ0n) is 17.6. The van der Waals surface area contributed by atoms with Gasteiger partial charge in [0.1, 0.15) is 0 Å². The summed E-state index contributed by atoms with van der Waals surface area (Å²) < 4.78 is 5.03. The lowest BCUT2D eigenvalue weighted by atomic mass is 10.1. The molecule has 0 bridgehead atoms. The second-order valence-electron chi connectivity index (χ2n) is 7.44. The molecule has 1 aromatic heterocycles. The Morgan fingerprint density at radius 3 is 2.03 bits per heavy atom. The molecule has 4 rings (SSSR count). The van der Waals surface area contributed by atoms with Crippen LogP contribution in [0.25, 0.3) is 11.3 Å². The minimum atomic E-state index is -0.0321. The van der Waals surface area contributed by atoms with Gasteiger partial charge in [0.15, 0.2) is 0 Å². The third-order valence-electron chi connectivity index (χ3n) is 5.51. The first kappa shape index (κ1) is 20.5. The molecule has 2 amide bonds. The molecule has 1 aliphatic heterocycles. The van der Waals surface area contributed by atoms with Crippen LogP contribution in [0.3, 0.4) is 0 Å². The van der Waals surface area contributed by atoms with E-state index in [0.717, 1.165) is 16.7 Å². The molecule has 1 fully saturated rings. The Bertz CT molecular complexity index is 1070. The first-order valence-corrected chi connectivity index (χ1v) is 10.2. The van der Waals surface area contributed by atoms with Gasteiger partial charge in [-0.05, 0) is 36.8 Å². The summed E-state index contributed by atoms with van der Waals surface area (Å²) in [6, 6.07) is 18.5. The van der Waals surface area contributed by atoms with E-state index < -0.39 is 0 Å². The number of benzene rings is 2. The van der Waals surface area contributed by atoms with Gasteiger partial charge in [-0.3, -0.25) is 9.59 Å². The number of methoxy groups -OCH3 is 1. The number of nitrogens with zero attached hydrogens (tertiary/aromatic N) is 4. The van der Waals surface area contributed by atoms with Crippen molar-refractivity contribution in [2.75, 3.05) is 33.3 Å². The van der Waals surface area contributed by atoms with Gasteiger partial charge in [0.2, 0.25) is 5.88 Å². The van der Waals surface area contributed by atoms with E-state index in [1.54, 1.807) is 30.2 Å². The summed E-state index contributed by atoms with van der Waals surface area (Å²) in [5, 5.41) is 8.11. The molecule has 0 saturated carbocycles. The molecular formula is C24H24N4O3. The fraction of sp³-hybridized carbons (Fsp3) is 0.250. The maximum absolute atomic E-state index is 12.9. The Morgan fingerprint density at radius 2 is 1.45 bits per heavy atom. The first-order valence-electron chi connectivity index (χ1n) is 10.2. The fourth-order valence-corrected chi connectivity index (χ4v) is 3.64. The number of ether oxygens (including phenoxy) is 1. The molecule has 3 aromatic rings. The third-order valence-corrected chi connectivity index (χ3v) is 5.51. The number of amides is 2. The van der Waals surface area contributed by atoms with Crippen molar-refractivity contribution >= 4 is 11.8 Å².